The molecule has 0 aliphatic heterocycles. The van der Waals surface area contributed by atoms with E-state index in [1.807, 2.05) is 0 Å². The largest absolute Gasteiger partial charge is 0.352 e. The summed E-state index contributed by atoms with van der Waals surface area (Å²) < 4.78 is 0. The van der Waals surface area contributed by atoms with Crippen molar-refractivity contribution >= 4 is 6.03 Å². The van der Waals surface area contributed by atoms with Gasteiger partial charge in [-0.2, -0.15) is 0 Å². The van der Waals surface area contributed by atoms with Crippen LogP contribution in [-0.2, 0) is 0 Å². The van der Waals surface area contributed by atoms with Crippen molar-refractivity contribution in [2.75, 3.05) is 0 Å². The molecule has 1 fully saturated rings. The van der Waals surface area contributed by atoms with Crippen molar-refractivity contribution in [3.05, 3.63) is 0 Å². The van der Waals surface area contributed by atoms with Crippen molar-refractivity contribution in [2.24, 2.45) is 23.5 Å². The molecular formula is C13H26N2O. The van der Waals surface area contributed by atoms with Crippen LogP contribution < -0.4 is 11.1 Å². The minimum Gasteiger partial charge on any atom is -0.352 e. The number of hydrogen-bond acceptors (Lipinski definition) is 1. The minimum atomic E-state index is -0.376. The molecule has 1 rings (SSSR count). The Morgan fingerprint density at radius 1 is 1.31 bits per heavy atom. The molecule has 3 nitrogen and oxygen atoms in total. The van der Waals surface area contributed by atoms with Gasteiger partial charge >= 0.3 is 6.03 Å². The molecule has 1 atom stereocenters. The minimum absolute atomic E-state index is 0.318. The molecule has 3 N–H and O–H groups in total. The van der Waals surface area contributed by atoms with Gasteiger partial charge in [0, 0.05) is 6.04 Å². The summed E-state index contributed by atoms with van der Waals surface area (Å²) >= 11 is 0. The van der Waals surface area contributed by atoms with E-state index in [-0.39, 0.29) is 6.03 Å². The molecule has 0 aromatic heterocycles. The average molecular weight is 226 g/mol. The third-order valence-electron chi connectivity index (χ3n) is 4.05. The highest BCUT2D eigenvalue weighted by molar-refractivity contribution is 5.71. The van der Waals surface area contributed by atoms with Crippen LogP contribution in [-0.4, -0.2) is 12.1 Å². The zero-order chi connectivity index (χ0) is 12.1. The smallest absolute Gasteiger partial charge is 0.312 e. The van der Waals surface area contributed by atoms with Crippen LogP contribution in [0.3, 0.4) is 0 Å². The first-order valence-electron chi connectivity index (χ1n) is 6.60. The number of carbonyl (C=O) groups excluding carboxylic acids is 1. The third-order valence-corrected chi connectivity index (χ3v) is 4.05. The van der Waals surface area contributed by atoms with Gasteiger partial charge in [-0.1, -0.05) is 27.2 Å². The van der Waals surface area contributed by atoms with Crippen LogP contribution >= 0.6 is 0 Å². The van der Waals surface area contributed by atoms with E-state index in [0.29, 0.717) is 6.04 Å². The lowest BCUT2D eigenvalue weighted by Crippen LogP contribution is -2.41. The second-order valence-electron chi connectivity index (χ2n) is 5.44. The molecule has 2 amide bonds. The molecule has 94 valence electrons. The van der Waals surface area contributed by atoms with E-state index in [1.165, 1.54) is 19.3 Å². The highest BCUT2D eigenvalue weighted by Gasteiger charge is 2.28. The molecule has 1 aliphatic carbocycles. The van der Waals surface area contributed by atoms with Crippen LogP contribution in [0.25, 0.3) is 0 Å². The van der Waals surface area contributed by atoms with E-state index >= 15 is 0 Å². The lowest BCUT2D eigenvalue weighted by Gasteiger charge is -2.35. The Hall–Kier alpha value is -0.730. The van der Waals surface area contributed by atoms with Crippen molar-refractivity contribution in [1.29, 1.82) is 0 Å². The molecular weight excluding hydrogens is 200 g/mol. The fraction of sp³-hybridized carbons (Fsp3) is 0.923. The van der Waals surface area contributed by atoms with Gasteiger partial charge in [0.15, 0.2) is 0 Å². The van der Waals surface area contributed by atoms with Gasteiger partial charge in [0.2, 0.25) is 0 Å². The van der Waals surface area contributed by atoms with Gasteiger partial charge in [-0.15, -0.1) is 0 Å². The summed E-state index contributed by atoms with van der Waals surface area (Å²) in [4.78, 5) is 10.8. The third kappa shape index (κ3) is 3.69. The number of rotatable bonds is 4. The monoisotopic (exact) mass is 226 g/mol. The molecule has 3 heteroatoms. The van der Waals surface area contributed by atoms with Gasteiger partial charge in [-0.3, -0.25) is 0 Å². The van der Waals surface area contributed by atoms with Crippen molar-refractivity contribution in [3.8, 4) is 0 Å². The summed E-state index contributed by atoms with van der Waals surface area (Å²) in [6.45, 7) is 6.93. The SMILES string of the molecule is CCC(C(C)C)[C@H]1CC[C@@H](NC(N)=O)CC1. The molecule has 0 heterocycles. The van der Waals surface area contributed by atoms with Gasteiger partial charge in [0.25, 0.3) is 0 Å². The fourth-order valence-corrected chi connectivity index (χ4v) is 3.24. The first-order chi connectivity index (χ1) is 7.54. The molecule has 0 bridgehead atoms. The summed E-state index contributed by atoms with van der Waals surface area (Å²) in [5, 5.41) is 2.83. The predicted octanol–water partition coefficient (Wildman–Crippen LogP) is 2.90. The maximum absolute atomic E-state index is 10.8. The molecule has 0 spiro atoms. The first-order valence-corrected chi connectivity index (χ1v) is 6.60. The van der Waals surface area contributed by atoms with E-state index in [1.54, 1.807) is 0 Å². The Morgan fingerprint density at radius 2 is 1.88 bits per heavy atom. The molecule has 0 aromatic rings. The zero-order valence-electron chi connectivity index (χ0n) is 10.8. The molecule has 0 aromatic carbocycles. The van der Waals surface area contributed by atoms with Crippen molar-refractivity contribution < 1.29 is 4.79 Å². The van der Waals surface area contributed by atoms with E-state index in [2.05, 4.69) is 26.1 Å². The Labute approximate surface area is 99.2 Å². The Bertz CT molecular complexity index is 220. The topological polar surface area (TPSA) is 55.1 Å². The van der Waals surface area contributed by atoms with Crippen LogP contribution in [0.15, 0.2) is 0 Å². The fourth-order valence-electron chi connectivity index (χ4n) is 3.24. The van der Waals surface area contributed by atoms with Crippen molar-refractivity contribution in [3.63, 3.8) is 0 Å². The number of nitrogens with one attached hydrogen (secondary N) is 1. The number of amides is 2. The lowest BCUT2D eigenvalue weighted by molar-refractivity contribution is 0.171. The van der Waals surface area contributed by atoms with Gasteiger partial charge in [0.05, 0.1) is 0 Å². The highest BCUT2D eigenvalue weighted by Crippen LogP contribution is 2.35. The molecule has 1 unspecified atom stereocenters. The molecule has 1 saturated carbocycles. The molecule has 0 saturated heterocycles. The van der Waals surface area contributed by atoms with E-state index in [0.717, 1.165) is 30.6 Å². The van der Waals surface area contributed by atoms with E-state index in [9.17, 15) is 4.79 Å². The van der Waals surface area contributed by atoms with Crippen LogP contribution in [0.1, 0.15) is 52.9 Å². The standard InChI is InChI=1S/C13H26N2O/c1-4-12(9(2)3)10-5-7-11(8-6-10)15-13(14)16/h9-12H,4-8H2,1-3H3,(H3,14,15,16)/t10-,11+,12?. The van der Waals surface area contributed by atoms with Gasteiger partial charge in [-0.05, 0) is 43.4 Å². The molecule has 0 radical (unpaired) electrons. The summed E-state index contributed by atoms with van der Waals surface area (Å²) in [7, 11) is 0. The number of primary amides is 1. The highest BCUT2D eigenvalue weighted by atomic mass is 16.2. The van der Waals surface area contributed by atoms with E-state index < -0.39 is 0 Å². The predicted molar refractivity (Wildman–Crippen MR) is 67.1 cm³/mol. The second-order valence-corrected chi connectivity index (χ2v) is 5.44. The number of carbonyl (C=O) groups is 1. The Morgan fingerprint density at radius 3 is 2.25 bits per heavy atom. The maximum atomic E-state index is 10.8. The van der Waals surface area contributed by atoms with Crippen LogP contribution in [0.5, 0.6) is 0 Å². The van der Waals surface area contributed by atoms with Gasteiger partial charge < -0.3 is 11.1 Å². The lowest BCUT2D eigenvalue weighted by atomic mass is 9.73. The second kappa shape index (κ2) is 6.12. The van der Waals surface area contributed by atoms with Crippen LogP contribution in [0.2, 0.25) is 0 Å². The first kappa shape index (κ1) is 13.3. The zero-order valence-corrected chi connectivity index (χ0v) is 10.8. The molecule has 16 heavy (non-hydrogen) atoms. The quantitative estimate of drug-likeness (QED) is 0.761. The molecule has 1 aliphatic rings. The number of hydrogen-bond donors (Lipinski definition) is 2. The summed E-state index contributed by atoms with van der Waals surface area (Å²) in [6, 6.07) is -0.0576. The number of urea groups is 1. The Balaban J connectivity index is 2.38. The summed E-state index contributed by atoms with van der Waals surface area (Å²) in [5.41, 5.74) is 5.14. The van der Waals surface area contributed by atoms with Crippen molar-refractivity contribution in [2.45, 2.75) is 58.9 Å². The van der Waals surface area contributed by atoms with Gasteiger partial charge in [0.1, 0.15) is 0 Å². The average Bonchev–Trinajstić information content (AvgIpc) is 2.20. The number of nitrogens with two attached hydrogens (primary N) is 1. The van der Waals surface area contributed by atoms with E-state index in [4.69, 9.17) is 5.73 Å². The van der Waals surface area contributed by atoms with Crippen LogP contribution in [0.4, 0.5) is 4.79 Å². The summed E-state index contributed by atoms with van der Waals surface area (Å²) in [5.74, 6) is 2.46. The Kier molecular flexibility index (Phi) is 5.10. The van der Waals surface area contributed by atoms with Crippen LogP contribution in [0, 0.1) is 17.8 Å². The normalized spacial score (nSPS) is 27.8. The summed E-state index contributed by atoms with van der Waals surface area (Å²) in [6.07, 6.45) is 5.94. The maximum Gasteiger partial charge on any atom is 0.312 e. The van der Waals surface area contributed by atoms with Gasteiger partial charge in [-0.25, -0.2) is 4.79 Å². The van der Waals surface area contributed by atoms with Crippen molar-refractivity contribution in [1.82, 2.24) is 5.32 Å².